The fourth-order valence-corrected chi connectivity index (χ4v) is 3.48. The molecule has 96 valence electrons. The minimum Gasteiger partial charge on any atom is -0.323 e. The highest BCUT2D eigenvalue weighted by atomic mass is 32.2. The molecule has 1 atom stereocenters. The highest BCUT2D eigenvalue weighted by molar-refractivity contribution is 8.00. The minimum absolute atomic E-state index is 0.0415. The number of benzene rings is 1. The number of rotatable bonds is 4. The van der Waals surface area contributed by atoms with E-state index in [1.165, 1.54) is 28.2 Å². The molecular formula is C13H17N3S2. The van der Waals surface area contributed by atoms with Crippen LogP contribution in [0.2, 0.25) is 0 Å². The molecule has 1 heterocycles. The van der Waals surface area contributed by atoms with Crippen molar-refractivity contribution in [2.75, 3.05) is 5.75 Å². The Kier molecular flexibility index (Phi) is 4.37. The van der Waals surface area contributed by atoms with Gasteiger partial charge in [-0.1, -0.05) is 35.5 Å². The van der Waals surface area contributed by atoms with Gasteiger partial charge in [0.2, 0.25) is 0 Å². The summed E-state index contributed by atoms with van der Waals surface area (Å²) in [5, 5.41) is 0. The van der Waals surface area contributed by atoms with E-state index in [1.807, 2.05) is 6.92 Å². The lowest BCUT2D eigenvalue weighted by atomic mass is 10.0. The molecule has 1 aromatic carbocycles. The predicted octanol–water partition coefficient (Wildman–Crippen LogP) is 3.26. The summed E-state index contributed by atoms with van der Waals surface area (Å²) in [6.07, 6.45) is 0. The molecule has 0 radical (unpaired) electrons. The molecule has 1 aromatic heterocycles. The van der Waals surface area contributed by atoms with Crippen molar-refractivity contribution in [3.05, 3.63) is 40.7 Å². The minimum atomic E-state index is 0.0415. The zero-order valence-corrected chi connectivity index (χ0v) is 12.4. The van der Waals surface area contributed by atoms with Crippen LogP contribution in [-0.4, -0.2) is 15.1 Å². The molecule has 0 saturated heterocycles. The molecular weight excluding hydrogens is 262 g/mol. The summed E-state index contributed by atoms with van der Waals surface area (Å²) in [7, 11) is 0. The van der Waals surface area contributed by atoms with Crippen molar-refractivity contribution in [3.8, 4) is 0 Å². The molecule has 5 heteroatoms. The van der Waals surface area contributed by atoms with Crippen LogP contribution < -0.4 is 5.73 Å². The summed E-state index contributed by atoms with van der Waals surface area (Å²) < 4.78 is 5.16. The molecule has 2 N–H and O–H groups in total. The van der Waals surface area contributed by atoms with Crippen LogP contribution in [0.1, 0.15) is 28.6 Å². The van der Waals surface area contributed by atoms with Crippen molar-refractivity contribution in [2.45, 2.75) is 31.2 Å². The van der Waals surface area contributed by atoms with Gasteiger partial charge < -0.3 is 5.73 Å². The molecule has 0 fully saturated rings. The van der Waals surface area contributed by atoms with E-state index in [9.17, 15) is 0 Å². The summed E-state index contributed by atoms with van der Waals surface area (Å²) in [4.78, 5) is 4.33. The van der Waals surface area contributed by atoms with Crippen molar-refractivity contribution in [1.29, 1.82) is 0 Å². The average Bonchev–Trinajstić information content (AvgIpc) is 2.72. The van der Waals surface area contributed by atoms with E-state index in [2.05, 4.69) is 41.4 Å². The largest absolute Gasteiger partial charge is 0.323 e. The van der Waals surface area contributed by atoms with Gasteiger partial charge in [0.1, 0.15) is 5.82 Å². The Morgan fingerprint density at radius 1 is 1.33 bits per heavy atom. The lowest BCUT2D eigenvalue weighted by molar-refractivity contribution is 0.821. The first-order valence-electron chi connectivity index (χ1n) is 5.82. The second kappa shape index (κ2) is 5.82. The van der Waals surface area contributed by atoms with Gasteiger partial charge in [-0.3, -0.25) is 0 Å². The van der Waals surface area contributed by atoms with Gasteiger partial charge in [-0.05, 0) is 43.4 Å². The summed E-state index contributed by atoms with van der Waals surface area (Å²) in [5.74, 6) is 1.67. The molecule has 0 spiro atoms. The third-order valence-electron chi connectivity index (χ3n) is 2.72. The molecule has 3 nitrogen and oxygen atoms in total. The first-order valence-corrected chi connectivity index (χ1v) is 7.58. The van der Waals surface area contributed by atoms with E-state index in [1.54, 1.807) is 11.8 Å². The third-order valence-corrected chi connectivity index (χ3v) is 4.76. The van der Waals surface area contributed by atoms with Crippen molar-refractivity contribution in [3.63, 3.8) is 0 Å². The van der Waals surface area contributed by atoms with E-state index in [4.69, 9.17) is 5.73 Å². The van der Waals surface area contributed by atoms with Crippen LogP contribution >= 0.6 is 23.3 Å². The van der Waals surface area contributed by atoms with Crippen molar-refractivity contribution in [1.82, 2.24) is 9.36 Å². The number of hydrogen-bond acceptors (Lipinski definition) is 5. The van der Waals surface area contributed by atoms with Gasteiger partial charge in [-0.2, -0.15) is 4.37 Å². The highest BCUT2D eigenvalue weighted by Gasteiger charge is 2.11. The second-order valence-corrected chi connectivity index (χ2v) is 6.40. The zero-order valence-electron chi connectivity index (χ0n) is 10.8. The molecule has 18 heavy (non-hydrogen) atoms. The molecule has 1 unspecified atom stereocenters. The van der Waals surface area contributed by atoms with Gasteiger partial charge >= 0.3 is 0 Å². The molecule has 0 aliphatic carbocycles. The molecule has 0 amide bonds. The normalized spacial score (nSPS) is 12.7. The maximum atomic E-state index is 6.24. The summed E-state index contributed by atoms with van der Waals surface area (Å²) >= 11 is 3.12. The smallest absolute Gasteiger partial charge is 0.170 e. The van der Waals surface area contributed by atoms with Crippen LogP contribution in [0.4, 0.5) is 0 Å². The molecule has 0 aliphatic rings. The van der Waals surface area contributed by atoms with E-state index in [0.29, 0.717) is 0 Å². The van der Waals surface area contributed by atoms with Crippen LogP contribution in [0.25, 0.3) is 0 Å². The maximum Gasteiger partial charge on any atom is 0.170 e. The van der Waals surface area contributed by atoms with E-state index in [0.717, 1.165) is 15.9 Å². The van der Waals surface area contributed by atoms with Crippen LogP contribution in [0, 0.1) is 20.8 Å². The Hall–Kier alpha value is -0.910. The van der Waals surface area contributed by atoms with Gasteiger partial charge in [0.05, 0.1) is 0 Å². The van der Waals surface area contributed by atoms with E-state index in [-0.39, 0.29) is 6.04 Å². The van der Waals surface area contributed by atoms with Gasteiger partial charge in [0, 0.05) is 11.8 Å². The standard InChI is InChI=1S/C13H17N3S2/c1-8-4-5-11(9(2)6-8)12(14)7-17-13-15-10(3)16-18-13/h4-6,12H,7,14H2,1-3H3. The van der Waals surface area contributed by atoms with Crippen molar-refractivity contribution >= 4 is 23.3 Å². The Morgan fingerprint density at radius 2 is 2.11 bits per heavy atom. The fourth-order valence-electron chi connectivity index (χ4n) is 1.83. The van der Waals surface area contributed by atoms with E-state index < -0.39 is 0 Å². The number of nitrogens with two attached hydrogens (primary N) is 1. The molecule has 2 aromatic rings. The summed E-state index contributed by atoms with van der Waals surface area (Å²) in [5.41, 5.74) is 9.99. The predicted molar refractivity (Wildman–Crippen MR) is 78.2 cm³/mol. The SMILES string of the molecule is Cc1ccc(C(N)CSc2nc(C)ns2)c(C)c1. The molecule has 0 aliphatic heterocycles. The molecule has 0 saturated carbocycles. The maximum absolute atomic E-state index is 6.24. The number of hydrogen-bond donors (Lipinski definition) is 1. The Morgan fingerprint density at radius 3 is 2.72 bits per heavy atom. The Bertz CT molecular complexity index is 537. The van der Waals surface area contributed by atoms with Crippen molar-refractivity contribution < 1.29 is 0 Å². The zero-order chi connectivity index (χ0) is 13.1. The highest BCUT2D eigenvalue weighted by Crippen LogP contribution is 2.26. The summed E-state index contributed by atoms with van der Waals surface area (Å²) in [6, 6.07) is 6.46. The third kappa shape index (κ3) is 3.31. The number of thioether (sulfide) groups is 1. The second-order valence-electron chi connectivity index (χ2n) is 4.39. The van der Waals surface area contributed by atoms with Crippen LogP contribution in [0.15, 0.2) is 22.5 Å². The lowest BCUT2D eigenvalue weighted by Gasteiger charge is -2.14. The quantitative estimate of drug-likeness (QED) is 0.873. The summed E-state index contributed by atoms with van der Waals surface area (Å²) in [6.45, 7) is 6.12. The van der Waals surface area contributed by atoms with Gasteiger partial charge in [-0.15, -0.1) is 0 Å². The Balaban J connectivity index is 2.01. The van der Waals surface area contributed by atoms with Gasteiger partial charge in [0.25, 0.3) is 0 Å². The topological polar surface area (TPSA) is 51.8 Å². The number of aryl methyl sites for hydroxylation is 3. The lowest BCUT2D eigenvalue weighted by Crippen LogP contribution is -2.14. The number of nitrogens with zero attached hydrogens (tertiary/aromatic N) is 2. The van der Waals surface area contributed by atoms with Gasteiger partial charge in [0.15, 0.2) is 4.34 Å². The van der Waals surface area contributed by atoms with E-state index >= 15 is 0 Å². The van der Waals surface area contributed by atoms with Crippen molar-refractivity contribution in [2.24, 2.45) is 5.73 Å². The van der Waals surface area contributed by atoms with Gasteiger partial charge in [-0.25, -0.2) is 4.98 Å². The number of aromatic nitrogens is 2. The average molecular weight is 279 g/mol. The molecule has 0 bridgehead atoms. The first kappa shape index (κ1) is 13.5. The first-order chi connectivity index (χ1) is 8.56. The Labute approximate surface area is 116 Å². The fraction of sp³-hybridized carbons (Fsp3) is 0.385. The monoisotopic (exact) mass is 279 g/mol. The molecule has 2 rings (SSSR count). The van der Waals surface area contributed by atoms with Crippen LogP contribution in [-0.2, 0) is 0 Å². The van der Waals surface area contributed by atoms with Crippen LogP contribution in [0.3, 0.4) is 0 Å². The van der Waals surface area contributed by atoms with Crippen LogP contribution in [0.5, 0.6) is 0 Å².